The smallest absolute Gasteiger partial charge is 0.416 e. The molecule has 0 spiro atoms. The SMILES string of the molecule is CCOC(=O)N1c2ccccc2C(CCC(N)c2cc(C(F)(F)F)cc(C(F)(F)F)c2)CC1C(F)(F)F. The first kappa shape index (κ1) is 28.6. The lowest BCUT2D eigenvalue weighted by Gasteiger charge is -2.41. The van der Waals surface area contributed by atoms with Crippen molar-refractivity contribution in [2.24, 2.45) is 5.73 Å². The summed E-state index contributed by atoms with van der Waals surface area (Å²) in [7, 11) is 0. The molecule has 1 heterocycles. The van der Waals surface area contributed by atoms with Gasteiger partial charge in [0.2, 0.25) is 0 Å². The van der Waals surface area contributed by atoms with Crippen molar-refractivity contribution >= 4 is 11.8 Å². The van der Waals surface area contributed by atoms with Crippen LogP contribution in [-0.2, 0) is 17.1 Å². The van der Waals surface area contributed by atoms with Crippen LogP contribution in [0.1, 0.15) is 60.4 Å². The Morgan fingerprint density at radius 3 is 2.08 bits per heavy atom. The van der Waals surface area contributed by atoms with E-state index in [1.807, 2.05) is 0 Å². The molecule has 3 rings (SSSR count). The van der Waals surface area contributed by atoms with Gasteiger partial charge >= 0.3 is 24.6 Å². The van der Waals surface area contributed by atoms with Gasteiger partial charge in [-0.15, -0.1) is 0 Å². The Labute approximate surface area is 206 Å². The highest BCUT2D eigenvalue weighted by Crippen LogP contribution is 2.46. The molecular formula is C24H23F9N2O2. The second kappa shape index (κ2) is 10.4. The average Bonchev–Trinajstić information content (AvgIpc) is 2.80. The van der Waals surface area contributed by atoms with E-state index < -0.39 is 65.7 Å². The fourth-order valence-corrected chi connectivity index (χ4v) is 4.43. The molecule has 0 radical (unpaired) electrons. The second-order valence-electron chi connectivity index (χ2n) is 8.64. The maximum atomic E-state index is 13.9. The summed E-state index contributed by atoms with van der Waals surface area (Å²) in [5.41, 5.74) is 2.78. The number of hydrogen-bond donors (Lipinski definition) is 1. The summed E-state index contributed by atoms with van der Waals surface area (Å²) in [6.45, 7) is 1.29. The second-order valence-corrected chi connectivity index (χ2v) is 8.64. The van der Waals surface area contributed by atoms with Crippen molar-refractivity contribution in [3.8, 4) is 0 Å². The molecule has 1 aliphatic heterocycles. The minimum absolute atomic E-state index is 0.0223. The first-order chi connectivity index (χ1) is 17.0. The van der Waals surface area contributed by atoms with Crippen LogP contribution in [0.3, 0.4) is 0 Å². The summed E-state index contributed by atoms with van der Waals surface area (Å²) in [5.74, 6) is -0.826. The molecule has 0 fully saturated rings. The number of carbonyl (C=O) groups is 1. The van der Waals surface area contributed by atoms with E-state index >= 15 is 0 Å². The van der Waals surface area contributed by atoms with Crippen molar-refractivity contribution in [1.29, 1.82) is 0 Å². The van der Waals surface area contributed by atoms with Crippen LogP contribution in [0.2, 0.25) is 0 Å². The quantitative estimate of drug-likeness (QED) is 0.396. The molecule has 37 heavy (non-hydrogen) atoms. The summed E-state index contributed by atoms with van der Waals surface area (Å²) in [5, 5.41) is 0. The van der Waals surface area contributed by atoms with Crippen molar-refractivity contribution < 1.29 is 49.0 Å². The zero-order chi connectivity index (χ0) is 27.8. The molecule has 0 aliphatic carbocycles. The first-order valence-electron chi connectivity index (χ1n) is 11.2. The molecule has 3 atom stereocenters. The van der Waals surface area contributed by atoms with Gasteiger partial charge in [0, 0.05) is 6.04 Å². The number of fused-ring (bicyclic) bond motifs is 1. The number of nitrogens with zero attached hydrogens (tertiary/aromatic N) is 1. The summed E-state index contributed by atoms with van der Waals surface area (Å²) < 4.78 is 126. The van der Waals surface area contributed by atoms with Gasteiger partial charge in [0.15, 0.2) is 0 Å². The monoisotopic (exact) mass is 542 g/mol. The van der Waals surface area contributed by atoms with Crippen molar-refractivity contribution in [3.63, 3.8) is 0 Å². The molecule has 4 nitrogen and oxygen atoms in total. The molecule has 1 aliphatic rings. The van der Waals surface area contributed by atoms with Gasteiger partial charge < -0.3 is 10.5 Å². The number of amides is 1. The van der Waals surface area contributed by atoms with Crippen LogP contribution in [0.4, 0.5) is 50.0 Å². The molecular weight excluding hydrogens is 519 g/mol. The zero-order valence-electron chi connectivity index (χ0n) is 19.3. The Morgan fingerprint density at radius 2 is 1.57 bits per heavy atom. The first-order valence-corrected chi connectivity index (χ1v) is 11.2. The average molecular weight is 542 g/mol. The number of alkyl halides is 9. The van der Waals surface area contributed by atoms with E-state index in [0.29, 0.717) is 22.6 Å². The van der Waals surface area contributed by atoms with Crippen LogP contribution < -0.4 is 10.6 Å². The number of hydrogen-bond acceptors (Lipinski definition) is 3. The van der Waals surface area contributed by atoms with Gasteiger partial charge in [0.25, 0.3) is 0 Å². The molecule has 13 heteroatoms. The molecule has 0 aromatic heterocycles. The van der Waals surface area contributed by atoms with Crippen molar-refractivity contribution in [3.05, 3.63) is 64.7 Å². The van der Waals surface area contributed by atoms with E-state index in [0.717, 1.165) is 0 Å². The maximum absolute atomic E-state index is 13.9. The molecule has 2 N–H and O–H groups in total. The van der Waals surface area contributed by atoms with Gasteiger partial charge in [0.1, 0.15) is 6.04 Å². The van der Waals surface area contributed by atoms with Crippen LogP contribution in [-0.4, -0.2) is 24.9 Å². The Hall–Kier alpha value is -2.96. The minimum atomic E-state index is -5.06. The Bertz CT molecular complexity index is 1080. The lowest BCUT2D eigenvalue weighted by molar-refractivity contribution is -0.151. The number of para-hydroxylation sites is 1. The normalized spacial score (nSPS) is 19.4. The lowest BCUT2D eigenvalue weighted by atomic mass is 9.81. The van der Waals surface area contributed by atoms with E-state index in [4.69, 9.17) is 10.5 Å². The van der Waals surface area contributed by atoms with Crippen LogP contribution in [0, 0.1) is 0 Å². The van der Waals surface area contributed by atoms with E-state index in [2.05, 4.69) is 0 Å². The van der Waals surface area contributed by atoms with Crippen LogP contribution in [0.5, 0.6) is 0 Å². The third-order valence-electron chi connectivity index (χ3n) is 6.16. The highest BCUT2D eigenvalue weighted by atomic mass is 19.4. The molecule has 204 valence electrons. The van der Waals surface area contributed by atoms with Gasteiger partial charge in [-0.1, -0.05) is 18.2 Å². The molecule has 2 aromatic rings. The Balaban J connectivity index is 1.92. The van der Waals surface area contributed by atoms with Crippen LogP contribution >= 0.6 is 0 Å². The Kier molecular flexibility index (Phi) is 8.06. The molecule has 0 saturated carbocycles. The van der Waals surface area contributed by atoms with Crippen LogP contribution in [0.15, 0.2) is 42.5 Å². The highest BCUT2D eigenvalue weighted by Gasteiger charge is 2.51. The van der Waals surface area contributed by atoms with Gasteiger partial charge in [-0.3, -0.25) is 4.90 Å². The number of ether oxygens (including phenoxy) is 1. The van der Waals surface area contributed by atoms with Crippen molar-refractivity contribution in [2.75, 3.05) is 11.5 Å². The molecule has 1 amide bonds. The highest BCUT2D eigenvalue weighted by molar-refractivity contribution is 5.90. The molecule has 3 unspecified atom stereocenters. The van der Waals surface area contributed by atoms with Gasteiger partial charge in [-0.25, -0.2) is 4.79 Å². The minimum Gasteiger partial charge on any atom is -0.449 e. The lowest BCUT2D eigenvalue weighted by Crippen LogP contribution is -2.52. The predicted molar refractivity (Wildman–Crippen MR) is 116 cm³/mol. The maximum Gasteiger partial charge on any atom is 0.416 e. The number of nitrogens with two attached hydrogens (primary N) is 1. The number of benzene rings is 2. The zero-order valence-corrected chi connectivity index (χ0v) is 19.3. The third kappa shape index (κ3) is 6.49. The standard InChI is InChI=1S/C24H23F9N2O2/c1-2-37-21(36)35-19-6-4-3-5-17(19)13(11-20(35)24(31,32)33)7-8-18(34)14-9-15(22(25,26)27)12-16(10-14)23(28,29)30/h3-6,9-10,12-13,18,20H,2,7-8,11,34H2,1H3. The van der Waals surface area contributed by atoms with Gasteiger partial charge in [-0.05, 0) is 67.5 Å². The van der Waals surface area contributed by atoms with Gasteiger partial charge in [-0.2, -0.15) is 39.5 Å². The van der Waals surface area contributed by atoms with Crippen molar-refractivity contribution in [1.82, 2.24) is 0 Å². The largest absolute Gasteiger partial charge is 0.449 e. The number of halogens is 9. The van der Waals surface area contributed by atoms with Gasteiger partial charge in [0.05, 0.1) is 23.4 Å². The summed E-state index contributed by atoms with van der Waals surface area (Å²) in [4.78, 5) is 12.9. The number of rotatable bonds is 5. The topological polar surface area (TPSA) is 55.6 Å². The molecule has 0 bridgehead atoms. The fourth-order valence-electron chi connectivity index (χ4n) is 4.43. The number of anilines is 1. The van der Waals surface area contributed by atoms with Crippen molar-refractivity contribution in [2.45, 2.75) is 62.7 Å². The molecule has 2 aromatic carbocycles. The Morgan fingerprint density at radius 1 is 1.00 bits per heavy atom. The van der Waals surface area contributed by atoms with E-state index in [1.165, 1.54) is 25.1 Å². The van der Waals surface area contributed by atoms with E-state index in [1.54, 1.807) is 6.07 Å². The van der Waals surface area contributed by atoms with E-state index in [9.17, 15) is 44.3 Å². The fraction of sp³-hybridized carbons (Fsp3) is 0.458. The predicted octanol–water partition coefficient (Wildman–Crippen LogP) is 7.59. The summed E-state index contributed by atoms with van der Waals surface area (Å²) >= 11 is 0. The summed E-state index contributed by atoms with van der Waals surface area (Å²) in [6, 6.07) is 3.25. The summed E-state index contributed by atoms with van der Waals surface area (Å²) in [6.07, 6.45) is -17.0. The number of carbonyl (C=O) groups excluding carboxylic acids is 1. The third-order valence-corrected chi connectivity index (χ3v) is 6.16. The van der Waals surface area contributed by atoms with E-state index in [-0.39, 0.29) is 31.2 Å². The molecule has 0 saturated heterocycles. The van der Waals surface area contributed by atoms with Crippen LogP contribution in [0.25, 0.3) is 0 Å².